The summed E-state index contributed by atoms with van der Waals surface area (Å²) in [5.41, 5.74) is 4.22. The third kappa shape index (κ3) is 5.21. The van der Waals surface area contributed by atoms with E-state index in [2.05, 4.69) is 29.7 Å². The van der Waals surface area contributed by atoms with E-state index in [0.717, 1.165) is 5.56 Å². The van der Waals surface area contributed by atoms with E-state index < -0.39 is 5.41 Å². The number of amides is 2. The molecule has 0 aliphatic heterocycles. The lowest BCUT2D eigenvalue weighted by Crippen LogP contribution is -2.41. The van der Waals surface area contributed by atoms with Gasteiger partial charge in [-0.15, -0.1) is 0 Å². The van der Waals surface area contributed by atoms with Gasteiger partial charge < -0.3 is 10.6 Å². The van der Waals surface area contributed by atoms with Crippen LogP contribution in [0.4, 0.5) is 0 Å². The van der Waals surface area contributed by atoms with Crippen LogP contribution in [0, 0.1) is 26.2 Å². The summed E-state index contributed by atoms with van der Waals surface area (Å²) < 4.78 is 0. The van der Waals surface area contributed by atoms with Crippen LogP contribution in [0.2, 0.25) is 0 Å². The van der Waals surface area contributed by atoms with Crippen LogP contribution in [0.25, 0.3) is 0 Å². The first-order chi connectivity index (χ1) is 9.61. The maximum absolute atomic E-state index is 11.8. The molecule has 0 radical (unpaired) electrons. The predicted octanol–water partition coefficient (Wildman–Crippen LogP) is 2.39. The Morgan fingerprint density at radius 1 is 1.00 bits per heavy atom. The SMILES string of the molecule is Cc1cc(C)c(CNC(=O)CNC(=O)C(C)(C)C)c(C)c1. The topological polar surface area (TPSA) is 58.2 Å². The van der Waals surface area contributed by atoms with Crippen molar-refractivity contribution in [1.82, 2.24) is 10.6 Å². The van der Waals surface area contributed by atoms with Gasteiger partial charge in [-0.05, 0) is 37.5 Å². The summed E-state index contributed by atoms with van der Waals surface area (Å²) in [6, 6.07) is 4.21. The van der Waals surface area contributed by atoms with E-state index in [1.807, 2.05) is 34.6 Å². The first-order valence-electron chi connectivity index (χ1n) is 7.23. The lowest BCUT2D eigenvalue weighted by molar-refractivity contribution is -0.131. The highest BCUT2D eigenvalue weighted by Gasteiger charge is 2.21. The number of hydrogen-bond donors (Lipinski definition) is 2. The highest BCUT2D eigenvalue weighted by molar-refractivity contribution is 5.87. The Hall–Kier alpha value is -1.84. The van der Waals surface area contributed by atoms with Crippen LogP contribution in [0.5, 0.6) is 0 Å². The standard InChI is InChI=1S/C17H26N2O2/c1-11-7-12(2)14(13(3)8-11)9-18-15(20)10-19-16(21)17(4,5)6/h7-8H,9-10H2,1-6H3,(H,18,20)(H,19,21). The van der Waals surface area contributed by atoms with E-state index in [0.29, 0.717) is 6.54 Å². The zero-order valence-electron chi connectivity index (χ0n) is 13.9. The van der Waals surface area contributed by atoms with Gasteiger partial charge in [-0.3, -0.25) is 9.59 Å². The summed E-state index contributed by atoms with van der Waals surface area (Å²) in [5.74, 6) is -0.299. The second kappa shape index (κ2) is 6.74. The molecule has 0 saturated heterocycles. The highest BCUT2D eigenvalue weighted by Crippen LogP contribution is 2.16. The molecule has 0 aromatic heterocycles. The smallest absolute Gasteiger partial charge is 0.239 e. The average Bonchev–Trinajstić information content (AvgIpc) is 2.33. The fourth-order valence-electron chi connectivity index (χ4n) is 2.16. The van der Waals surface area contributed by atoms with Crippen LogP contribution >= 0.6 is 0 Å². The molecule has 0 unspecified atom stereocenters. The highest BCUT2D eigenvalue weighted by atomic mass is 16.2. The Morgan fingerprint density at radius 3 is 2.00 bits per heavy atom. The van der Waals surface area contributed by atoms with Crippen LogP contribution < -0.4 is 10.6 Å². The van der Waals surface area contributed by atoms with Gasteiger partial charge in [0.1, 0.15) is 0 Å². The van der Waals surface area contributed by atoms with E-state index in [4.69, 9.17) is 0 Å². The zero-order chi connectivity index (χ0) is 16.2. The Labute approximate surface area is 127 Å². The fraction of sp³-hybridized carbons (Fsp3) is 0.529. The van der Waals surface area contributed by atoms with Crippen LogP contribution in [0.3, 0.4) is 0 Å². The molecule has 4 nitrogen and oxygen atoms in total. The van der Waals surface area contributed by atoms with Crippen LogP contribution in [-0.4, -0.2) is 18.4 Å². The Kier molecular flexibility index (Phi) is 5.53. The van der Waals surface area contributed by atoms with Crippen molar-refractivity contribution in [3.05, 3.63) is 34.4 Å². The number of benzene rings is 1. The summed E-state index contributed by atoms with van der Waals surface area (Å²) in [6.45, 7) is 12.1. The molecule has 1 rings (SSSR count). The second-order valence-corrected chi connectivity index (χ2v) is 6.59. The number of rotatable bonds is 4. The third-order valence-corrected chi connectivity index (χ3v) is 3.39. The first-order valence-corrected chi connectivity index (χ1v) is 7.23. The lowest BCUT2D eigenvalue weighted by Gasteiger charge is -2.17. The molecule has 0 heterocycles. The van der Waals surface area contributed by atoms with E-state index in [1.165, 1.54) is 16.7 Å². The van der Waals surface area contributed by atoms with Crippen molar-refractivity contribution in [2.24, 2.45) is 5.41 Å². The van der Waals surface area contributed by atoms with Gasteiger partial charge in [-0.1, -0.05) is 38.5 Å². The summed E-state index contributed by atoms with van der Waals surface area (Å²) in [6.07, 6.45) is 0. The molecule has 0 atom stereocenters. The molecule has 0 aliphatic rings. The van der Waals surface area contributed by atoms with Gasteiger partial charge in [-0.25, -0.2) is 0 Å². The number of nitrogens with one attached hydrogen (secondary N) is 2. The van der Waals surface area contributed by atoms with Crippen molar-refractivity contribution < 1.29 is 9.59 Å². The van der Waals surface area contributed by atoms with Crippen molar-refractivity contribution in [3.63, 3.8) is 0 Å². The van der Waals surface area contributed by atoms with Crippen molar-refractivity contribution in [1.29, 1.82) is 0 Å². The number of aryl methyl sites for hydroxylation is 3. The van der Waals surface area contributed by atoms with E-state index in [1.54, 1.807) is 0 Å². The molecule has 1 aromatic rings. The van der Waals surface area contributed by atoms with Gasteiger partial charge >= 0.3 is 0 Å². The molecule has 4 heteroatoms. The van der Waals surface area contributed by atoms with Crippen molar-refractivity contribution >= 4 is 11.8 Å². The van der Waals surface area contributed by atoms with E-state index in [9.17, 15) is 9.59 Å². The molecular weight excluding hydrogens is 264 g/mol. The largest absolute Gasteiger partial charge is 0.350 e. The molecule has 21 heavy (non-hydrogen) atoms. The monoisotopic (exact) mass is 290 g/mol. The molecule has 0 spiro atoms. The first kappa shape index (κ1) is 17.2. The molecule has 0 fully saturated rings. The van der Waals surface area contributed by atoms with Crippen LogP contribution in [0.15, 0.2) is 12.1 Å². The Balaban J connectivity index is 2.53. The quantitative estimate of drug-likeness (QED) is 0.894. The van der Waals surface area contributed by atoms with Gasteiger partial charge in [0, 0.05) is 12.0 Å². The molecule has 0 saturated carbocycles. The third-order valence-electron chi connectivity index (χ3n) is 3.39. The minimum atomic E-state index is -0.482. The number of carbonyl (C=O) groups is 2. The van der Waals surface area contributed by atoms with E-state index in [-0.39, 0.29) is 18.4 Å². The maximum atomic E-state index is 11.8. The van der Waals surface area contributed by atoms with Gasteiger partial charge in [0.05, 0.1) is 6.54 Å². The summed E-state index contributed by atoms with van der Waals surface area (Å²) >= 11 is 0. The zero-order valence-corrected chi connectivity index (χ0v) is 13.9. The molecule has 0 bridgehead atoms. The van der Waals surface area contributed by atoms with Gasteiger partial charge in [0.15, 0.2) is 0 Å². The van der Waals surface area contributed by atoms with Gasteiger partial charge in [-0.2, -0.15) is 0 Å². The number of carbonyl (C=O) groups excluding carboxylic acids is 2. The molecule has 0 aliphatic carbocycles. The van der Waals surface area contributed by atoms with Crippen molar-refractivity contribution in [2.45, 2.75) is 48.1 Å². The summed E-state index contributed by atoms with van der Waals surface area (Å²) in [7, 11) is 0. The average molecular weight is 290 g/mol. The van der Waals surface area contributed by atoms with Crippen LogP contribution in [-0.2, 0) is 16.1 Å². The van der Waals surface area contributed by atoms with E-state index >= 15 is 0 Å². The summed E-state index contributed by atoms with van der Waals surface area (Å²) in [5, 5.41) is 5.50. The predicted molar refractivity (Wildman–Crippen MR) is 85.0 cm³/mol. The fourth-order valence-corrected chi connectivity index (χ4v) is 2.16. The minimum Gasteiger partial charge on any atom is -0.350 e. The molecule has 1 aromatic carbocycles. The Bertz CT molecular complexity index is 519. The molecule has 2 N–H and O–H groups in total. The molecule has 116 valence electrons. The second-order valence-electron chi connectivity index (χ2n) is 6.59. The lowest BCUT2D eigenvalue weighted by atomic mass is 9.96. The van der Waals surface area contributed by atoms with Crippen molar-refractivity contribution in [3.8, 4) is 0 Å². The van der Waals surface area contributed by atoms with Gasteiger partial charge in [0.2, 0.25) is 11.8 Å². The van der Waals surface area contributed by atoms with Crippen LogP contribution in [0.1, 0.15) is 43.0 Å². The normalized spacial score (nSPS) is 11.1. The summed E-state index contributed by atoms with van der Waals surface area (Å²) in [4.78, 5) is 23.5. The maximum Gasteiger partial charge on any atom is 0.239 e. The Morgan fingerprint density at radius 2 is 1.52 bits per heavy atom. The minimum absolute atomic E-state index is 0.0139. The van der Waals surface area contributed by atoms with Crippen molar-refractivity contribution in [2.75, 3.05) is 6.54 Å². The molecular formula is C17H26N2O2. The molecule has 2 amide bonds. The number of hydrogen-bond acceptors (Lipinski definition) is 2. The van der Waals surface area contributed by atoms with Gasteiger partial charge in [0.25, 0.3) is 0 Å².